The number of phenols is 1. The van der Waals surface area contributed by atoms with Gasteiger partial charge < -0.3 is 19.5 Å². The minimum Gasteiger partial charge on any atom is -0.504 e. The van der Waals surface area contributed by atoms with Crippen LogP contribution in [0.25, 0.3) is 11.1 Å². The van der Waals surface area contributed by atoms with Gasteiger partial charge in [-0.15, -0.1) is 0 Å². The molecule has 1 amide bonds. The van der Waals surface area contributed by atoms with Crippen molar-refractivity contribution >= 4 is 6.09 Å². The van der Waals surface area contributed by atoms with Gasteiger partial charge in [-0.25, -0.2) is 4.79 Å². The minimum absolute atomic E-state index is 0.0357. The number of phenolic OH excluding ortho intramolecular Hbond substituents is 1. The first kappa shape index (κ1) is 18.9. The number of amides is 1. The third-order valence-corrected chi connectivity index (χ3v) is 5.31. The quantitative estimate of drug-likeness (QED) is 0.682. The first-order chi connectivity index (χ1) is 14.1. The van der Waals surface area contributed by atoms with Crippen LogP contribution in [0.4, 0.5) is 4.79 Å². The number of fused-ring (bicyclic) bond motifs is 3. The number of benzene rings is 3. The van der Waals surface area contributed by atoms with Crippen LogP contribution in [-0.4, -0.2) is 36.9 Å². The summed E-state index contributed by atoms with van der Waals surface area (Å²) in [6.07, 6.45) is -0.390. The zero-order chi connectivity index (χ0) is 20.4. The van der Waals surface area contributed by atoms with E-state index >= 15 is 0 Å². The topological polar surface area (TPSA) is 59.0 Å². The van der Waals surface area contributed by atoms with Gasteiger partial charge in [0, 0.05) is 19.5 Å². The summed E-state index contributed by atoms with van der Waals surface area (Å²) in [5.41, 5.74) is 5.62. The Balaban J connectivity index is 1.44. The molecule has 0 spiro atoms. The van der Waals surface area contributed by atoms with Crippen LogP contribution in [0.3, 0.4) is 0 Å². The molecule has 0 bridgehead atoms. The van der Waals surface area contributed by atoms with Crippen LogP contribution in [-0.2, 0) is 11.3 Å². The lowest BCUT2D eigenvalue weighted by molar-refractivity contribution is 0.106. The third-order valence-electron chi connectivity index (χ3n) is 5.31. The Morgan fingerprint density at radius 2 is 1.62 bits per heavy atom. The Morgan fingerprint density at radius 1 is 1.00 bits per heavy atom. The third kappa shape index (κ3) is 3.63. The van der Waals surface area contributed by atoms with Crippen molar-refractivity contribution in [3.8, 4) is 22.6 Å². The molecule has 0 heterocycles. The van der Waals surface area contributed by atoms with E-state index < -0.39 is 0 Å². The summed E-state index contributed by atoms with van der Waals surface area (Å²) >= 11 is 0. The number of nitrogens with zero attached hydrogens (tertiary/aromatic N) is 1. The van der Waals surface area contributed by atoms with Crippen LogP contribution in [0.15, 0.2) is 66.7 Å². The minimum atomic E-state index is -0.390. The van der Waals surface area contributed by atoms with Crippen molar-refractivity contribution in [3.05, 3.63) is 83.4 Å². The summed E-state index contributed by atoms with van der Waals surface area (Å²) in [4.78, 5) is 14.1. The number of ether oxygens (including phenoxy) is 2. The maximum absolute atomic E-state index is 12.6. The van der Waals surface area contributed by atoms with Gasteiger partial charge in [0.15, 0.2) is 11.5 Å². The van der Waals surface area contributed by atoms with E-state index in [2.05, 4.69) is 24.3 Å². The Morgan fingerprint density at radius 3 is 2.24 bits per heavy atom. The summed E-state index contributed by atoms with van der Waals surface area (Å²) in [7, 11) is 3.19. The highest BCUT2D eigenvalue weighted by atomic mass is 16.6. The number of rotatable bonds is 5. The Hall–Kier alpha value is -3.47. The molecule has 1 N–H and O–H groups in total. The molecule has 0 aromatic heterocycles. The molecule has 4 rings (SSSR count). The van der Waals surface area contributed by atoms with Crippen molar-refractivity contribution in [2.24, 2.45) is 0 Å². The van der Waals surface area contributed by atoms with E-state index in [1.807, 2.05) is 24.3 Å². The van der Waals surface area contributed by atoms with E-state index in [4.69, 9.17) is 9.47 Å². The van der Waals surface area contributed by atoms with Crippen LogP contribution in [0.1, 0.15) is 22.6 Å². The zero-order valence-corrected chi connectivity index (χ0v) is 16.5. The maximum atomic E-state index is 12.6. The lowest BCUT2D eigenvalue weighted by Gasteiger charge is -2.20. The second kappa shape index (κ2) is 7.87. The summed E-state index contributed by atoms with van der Waals surface area (Å²) in [5, 5.41) is 9.71. The number of hydrogen-bond donors (Lipinski definition) is 1. The number of carbonyl (C=O) groups is 1. The second-order valence-electron chi connectivity index (χ2n) is 7.17. The Bertz CT molecular complexity index is 1000. The molecule has 3 aromatic rings. The average Bonchev–Trinajstić information content (AvgIpc) is 3.07. The average molecular weight is 389 g/mol. The summed E-state index contributed by atoms with van der Waals surface area (Å²) in [5.74, 6) is 0.483. The molecule has 1 aliphatic carbocycles. The van der Waals surface area contributed by atoms with Gasteiger partial charge in [0.05, 0.1) is 7.11 Å². The fourth-order valence-corrected chi connectivity index (χ4v) is 3.86. The first-order valence-electron chi connectivity index (χ1n) is 9.50. The normalized spacial score (nSPS) is 12.2. The lowest BCUT2D eigenvalue weighted by atomic mass is 9.98. The molecule has 5 heteroatoms. The highest BCUT2D eigenvalue weighted by Crippen LogP contribution is 2.44. The van der Waals surface area contributed by atoms with Gasteiger partial charge in [-0.2, -0.15) is 0 Å². The molecule has 3 aromatic carbocycles. The van der Waals surface area contributed by atoms with E-state index in [1.54, 1.807) is 25.2 Å². The number of hydrogen-bond acceptors (Lipinski definition) is 4. The number of carbonyl (C=O) groups excluding carboxylic acids is 1. The summed E-state index contributed by atoms with van der Waals surface area (Å²) < 4.78 is 10.8. The monoisotopic (exact) mass is 389 g/mol. The fourth-order valence-electron chi connectivity index (χ4n) is 3.86. The molecular formula is C24H23NO4. The smallest absolute Gasteiger partial charge is 0.409 e. The largest absolute Gasteiger partial charge is 0.504 e. The van der Waals surface area contributed by atoms with Gasteiger partial charge in [-0.3, -0.25) is 0 Å². The van der Waals surface area contributed by atoms with Gasteiger partial charge in [0.2, 0.25) is 0 Å². The van der Waals surface area contributed by atoms with Crippen LogP contribution in [0.5, 0.6) is 11.5 Å². The second-order valence-corrected chi connectivity index (χ2v) is 7.17. The molecule has 0 saturated carbocycles. The molecule has 1 aliphatic rings. The van der Waals surface area contributed by atoms with Gasteiger partial charge in [-0.1, -0.05) is 54.6 Å². The van der Waals surface area contributed by atoms with Crippen LogP contribution < -0.4 is 4.74 Å². The molecule has 148 valence electrons. The standard InChI is InChI=1S/C24H23NO4/c1-25(14-16-11-12-22(26)23(13-16)28-2)24(27)29-15-21-19-9-5-3-7-17(19)18-8-4-6-10-20(18)21/h3-13,21,26H,14-15H2,1-2H3. The molecule has 29 heavy (non-hydrogen) atoms. The zero-order valence-electron chi connectivity index (χ0n) is 16.5. The van der Waals surface area contributed by atoms with E-state index in [1.165, 1.54) is 34.3 Å². The van der Waals surface area contributed by atoms with E-state index in [9.17, 15) is 9.90 Å². The van der Waals surface area contributed by atoms with Crippen LogP contribution in [0, 0.1) is 0 Å². The number of methoxy groups -OCH3 is 1. The van der Waals surface area contributed by atoms with Crippen molar-refractivity contribution in [1.82, 2.24) is 4.90 Å². The molecule has 0 atom stereocenters. The molecule has 0 unspecified atom stereocenters. The van der Waals surface area contributed by atoms with Crippen LogP contribution in [0.2, 0.25) is 0 Å². The van der Waals surface area contributed by atoms with Crippen LogP contribution >= 0.6 is 0 Å². The summed E-state index contributed by atoms with van der Waals surface area (Å²) in [6.45, 7) is 0.642. The predicted molar refractivity (Wildman–Crippen MR) is 111 cm³/mol. The first-order valence-corrected chi connectivity index (χ1v) is 9.50. The number of aromatic hydroxyl groups is 1. The highest BCUT2D eigenvalue weighted by Gasteiger charge is 2.29. The van der Waals surface area contributed by atoms with Crippen molar-refractivity contribution < 1.29 is 19.4 Å². The lowest BCUT2D eigenvalue weighted by Crippen LogP contribution is -2.28. The van der Waals surface area contributed by atoms with E-state index in [0.29, 0.717) is 12.3 Å². The van der Waals surface area contributed by atoms with Crippen molar-refractivity contribution in [2.75, 3.05) is 20.8 Å². The van der Waals surface area contributed by atoms with Gasteiger partial charge in [0.25, 0.3) is 0 Å². The van der Waals surface area contributed by atoms with Gasteiger partial charge >= 0.3 is 6.09 Å². The fraction of sp³-hybridized carbons (Fsp3) is 0.208. The molecule has 0 saturated heterocycles. The predicted octanol–water partition coefficient (Wildman–Crippen LogP) is 4.78. The van der Waals surface area contributed by atoms with E-state index in [-0.39, 0.29) is 24.4 Å². The Labute approximate surface area is 170 Å². The molecule has 0 fully saturated rings. The molecule has 0 radical (unpaired) electrons. The molecule has 0 aliphatic heterocycles. The van der Waals surface area contributed by atoms with E-state index in [0.717, 1.165) is 5.56 Å². The van der Waals surface area contributed by atoms with Gasteiger partial charge in [-0.05, 0) is 39.9 Å². The van der Waals surface area contributed by atoms with Crippen molar-refractivity contribution in [3.63, 3.8) is 0 Å². The van der Waals surface area contributed by atoms with Crippen molar-refractivity contribution in [2.45, 2.75) is 12.5 Å². The molecule has 5 nitrogen and oxygen atoms in total. The summed E-state index contributed by atoms with van der Waals surface area (Å²) in [6, 6.07) is 21.5. The maximum Gasteiger partial charge on any atom is 0.409 e. The Kier molecular flexibility index (Phi) is 5.12. The highest BCUT2D eigenvalue weighted by molar-refractivity contribution is 5.79. The van der Waals surface area contributed by atoms with Gasteiger partial charge in [0.1, 0.15) is 6.61 Å². The van der Waals surface area contributed by atoms with Crippen molar-refractivity contribution in [1.29, 1.82) is 0 Å². The molecular weight excluding hydrogens is 366 g/mol. The SMILES string of the molecule is COc1cc(CN(C)C(=O)OCC2c3ccccc3-c3ccccc32)ccc1O.